The van der Waals surface area contributed by atoms with Crippen LogP contribution in [0.15, 0.2) is 24.5 Å². The first-order chi connectivity index (χ1) is 7.77. The molecule has 0 radical (unpaired) electrons. The average molecular weight is 217 g/mol. The van der Waals surface area contributed by atoms with Crippen molar-refractivity contribution in [3.8, 4) is 0 Å². The molecule has 0 aliphatic heterocycles. The fourth-order valence-corrected chi connectivity index (χ4v) is 1.81. The van der Waals surface area contributed by atoms with Crippen molar-refractivity contribution in [2.45, 2.75) is 13.8 Å². The zero-order valence-electron chi connectivity index (χ0n) is 9.53. The Morgan fingerprint density at radius 2 is 2.19 bits per heavy atom. The standard InChI is InChI=1S/C12H15N3O/c1-3-15(4-2)12(16)10-8-14-11-9(10)6-5-7-13-11/h5-8H,3-4H2,1-2H3,(H,13,14). The van der Waals surface area contributed by atoms with Crippen LogP contribution in [-0.2, 0) is 0 Å². The number of pyridine rings is 1. The minimum absolute atomic E-state index is 0.0595. The highest BCUT2D eigenvalue weighted by Gasteiger charge is 2.16. The summed E-state index contributed by atoms with van der Waals surface area (Å²) in [5.41, 5.74) is 1.46. The number of H-pyrrole nitrogens is 1. The maximum atomic E-state index is 12.2. The number of carbonyl (C=O) groups is 1. The first-order valence-corrected chi connectivity index (χ1v) is 5.49. The van der Waals surface area contributed by atoms with E-state index in [-0.39, 0.29) is 5.91 Å². The van der Waals surface area contributed by atoms with Gasteiger partial charge in [-0.1, -0.05) is 0 Å². The second kappa shape index (κ2) is 4.35. The first-order valence-electron chi connectivity index (χ1n) is 5.49. The van der Waals surface area contributed by atoms with Crippen molar-refractivity contribution >= 4 is 16.9 Å². The third-order valence-electron chi connectivity index (χ3n) is 2.73. The van der Waals surface area contributed by atoms with Crippen LogP contribution in [0.1, 0.15) is 24.2 Å². The SMILES string of the molecule is CCN(CC)C(=O)c1c[nH]c2ncccc12. The van der Waals surface area contributed by atoms with Crippen LogP contribution >= 0.6 is 0 Å². The van der Waals surface area contributed by atoms with Gasteiger partial charge < -0.3 is 9.88 Å². The van der Waals surface area contributed by atoms with Crippen LogP contribution in [0.2, 0.25) is 0 Å². The summed E-state index contributed by atoms with van der Waals surface area (Å²) in [5, 5.41) is 0.888. The lowest BCUT2D eigenvalue weighted by atomic mass is 10.2. The van der Waals surface area contributed by atoms with Gasteiger partial charge in [0.2, 0.25) is 0 Å². The van der Waals surface area contributed by atoms with Crippen molar-refractivity contribution in [3.63, 3.8) is 0 Å². The summed E-state index contributed by atoms with van der Waals surface area (Å²) in [6, 6.07) is 3.75. The van der Waals surface area contributed by atoms with Crippen molar-refractivity contribution in [2.24, 2.45) is 0 Å². The minimum atomic E-state index is 0.0595. The van der Waals surface area contributed by atoms with E-state index in [2.05, 4.69) is 9.97 Å². The highest BCUT2D eigenvalue weighted by Crippen LogP contribution is 2.17. The lowest BCUT2D eigenvalue weighted by Crippen LogP contribution is -2.30. The van der Waals surface area contributed by atoms with Gasteiger partial charge in [0.05, 0.1) is 5.56 Å². The van der Waals surface area contributed by atoms with E-state index in [4.69, 9.17) is 0 Å². The number of rotatable bonds is 3. The van der Waals surface area contributed by atoms with E-state index >= 15 is 0 Å². The molecule has 0 saturated carbocycles. The molecule has 16 heavy (non-hydrogen) atoms. The van der Waals surface area contributed by atoms with Crippen molar-refractivity contribution in [3.05, 3.63) is 30.1 Å². The molecule has 4 nitrogen and oxygen atoms in total. The van der Waals surface area contributed by atoms with Crippen LogP contribution in [0.3, 0.4) is 0 Å². The zero-order valence-corrected chi connectivity index (χ0v) is 9.53. The summed E-state index contributed by atoms with van der Waals surface area (Å²) in [6.07, 6.45) is 3.45. The highest BCUT2D eigenvalue weighted by molar-refractivity contribution is 6.05. The van der Waals surface area contributed by atoms with Crippen molar-refractivity contribution < 1.29 is 4.79 Å². The van der Waals surface area contributed by atoms with Gasteiger partial charge in [-0.15, -0.1) is 0 Å². The molecule has 0 saturated heterocycles. The molecule has 0 unspecified atom stereocenters. The summed E-state index contributed by atoms with van der Waals surface area (Å²) >= 11 is 0. The summed E-state index contributed by atoms with van der Waals surface area (Å²) in [7, 11) is 0. The topological polar surface area (TPSA) is 49.0 Å². The molecule has 84 valence electrons. The number of nitrogens with zero attached hydrogens (tertiary/aromatic N) is 2. The maximum absolute atomic E-state index is 12.2. The molecule has 0 fully saturated rings. The number of hydrogen-bond acceptors (Lipinski definition) is 2. The third kappa shape index (κ3) is 1.66. The van der Waals surface area contributed by atoms with Crippen molar-refractivity contribution in [1.29, 1.82) is 0 Å². The summed E-state index contributed by atoms with van der Waals surface area (Å²) in [6.45, 7) is 5.41. The predicted molar refractivity (Wildman–Crippen MR) is 63.3 cm³/mol. The first kappa shape index (κ1) is 10.7. The van der Waals surface area contributed by atoms with Gasteiger partial charge in [-0.2, -0.15) is 0 Å². The van der Waals surface area contributed by atoms with Crippen molar-refractivity contribution in [2.75, 3.05) is 13.1 Å². The molecular weight excluding hydrogens is 202 g/mol. The Hall–Kier alpha value is -1.84. The lowest BCUT2D eigenvalue weighted by molar-refractivity contribution is 0.0775. The fraction of sp³-hybridized carbons (Fsp3) is 0.333. The van der Waals surface area contributed by atoms with Crippen LogP contribution in [0.4, 0.5) is 0 Å². The number of carbonyl (C=O) groups excluding carboxylic acids is 1. The van der Waals surface area contributed by atoms with Gasteiger partial charge in [0.15, 0.2) is 0 Å². The van der Waals surface area contributed by atoms with Crippen LogP contribution in [-0.4, -0.2) is 33.9 Å². The number of amides is 1. The molecule has 1 amide bonds. The lowest BCUT2D eigenvalue weighted by Gasteiger charge is -2.17. The van der Waals surface area contributed by atoms with Gasteiger partial charge in [-0.05, 0) is 26.0 Å². The smallest absolute Gasteiger partial charge is 0.256 e. The molecule has 2 aromatic rings. The molecule has 0 bridgehead atoms. The van der Waals surface area contributed by atoms with Gasteiger partial charge in [0.1, 0.15) is 5.65 Å². The number of aromatic amines is 1. The van der Waals surface area contributed by atoms with E-state index in [1.165, 1.54) is 0 Å². The average Bonchev–Trinajstić information content (AvgIpc) is 2.74. The second-order valence-corrected chi connectivity index (χ2v) is 3.58. The van der Waals surface area contributed by atoms with Crippen LogP contribution in [0, 0.1) is 0 Å². The normalized spacial score (nSPS) is 10.6. The Kier molecular flexibility index (Phi) is 2.90. The molecule has 0 aliphatic rings. The number of nitrogens with one attached hydrogen (secondary N) is 1. The monoisotopic (exact) mass is 217 g/mol. The largest absolute Gasteiger partial charge is 0.345 e. The van der Waals surface area contributed by atoms with Gasteiger partial charge in [0.25, 0.3) is 5.91 Å². The maximum Gasteiger partial charge on any atom is 0.256 e. The Bertz CT molecular complexity index is 500. The van der Waals surface area contributed by atoms with E-state index in [1.807, 2.05) is 26.0 Å². The van der Waals surface area contributed by atoms with E-state index in [0.29, 0.717) is 5.56 Å². The molecule has 0 aromatic carbocycles. The molecule has 2 heterocycles. The summed E-state index contributed by atoms with van der Waals surface area (Å²) in [5.74, 6) is 0.0595. The van der Waals surface area contributed by atoms with E-state index < -0.39 is 0 Å². The molecule has 2 rings (SSSR count). The molecular formula is C12H15N3O. The molecule has 2 aromatic heterocycles. The number of fused-ring (bicyclic) bond motifs is 1. The molecule has 0 atom stereocenters. The third-order valence-corrected chi connectivity index (χ3v) is 2.73. The molecule has 4 heteroatoms. The number of aromatic nitrogens is 2. The zero-order chi connectivity index (χ0) is 11.5. The van der Waals surface area contributed by atoms with Crippen molar-refractivity contribution in [1.82, 2.24) is 14.9 Å². The van der Waals surface area contributed by atoms with E-state index in [9.17, 15) is 4.79 Å². The Morgan fingerprint density at radius 1 is 1.44 bits per heavy atom. The summed E-state index contributed by atoms with van der Waals surface area (Å²) < 4.78 is 0. The molecule has 0 spiro atoms. The molecule has 0 aliphatic carbocycles. The summed E-state index contributed by atoms with van der Waals surface area (Å²) in [4.78, 5) is 21.1. The fourth-order valence-electron chi connectivity index (χ4n) is 1.81. The Morgan fingerprint density at radius 3 is 2.88 bits per heavy atom. The Labute approximate surface area is 94.3 Å². The predicted octanol–water partition coefficient (Wildman–Crippen LogP) is 2.04. The molecule has 1 N–H and O–H groups in total. The van der Waals surface area contributed by atoms with E-state index in [1.54, 1.807) is 17.3 Å². The second-order valence-electron chi connectivity index (χ2n) is 3.58. The van der Waals surface area contributed by atoms with Gasteiger partial charge in [0, 0.05) is 30.9 Å². The highest BCUT2D eigenvalue weighted by atomic mass is 16.2. The quantitative estimate of drug-likeness (QED) is 0.855. The number of hydrogen-bond donors (Lipinski definition) is 1. The van der Waals surface area contributed by atoms with Gasteiger partial charge in [-0.25, -0.2) is 4.98 Å². The van der Waals surface area contributed by atoms with E-state index in [0.717, 1.165) is 24.1 Å². The van der Waals surface area contributed by atoms with Crippen LogP contribution < -0.4 is 0 Å². The minimum Gasteiger partial charge on any atom is -0.345 e. The van der Waals surface area contributed by atoms with Crippen LogP contribution in [0.5, 0.6) is 0 Å². The Balaban J connectivity index is 2.43. The van der Waals surface area contributed by atoms with Crippen LogP contribution in [0.25, 0.3) is 11.0 Å². The van der Waals surface area contributed by atoms with Gasteiger partial charge >= 0.3 is 0 Å². The van der Waals surface area contributed by atoms with Gasteiger partial charge in [-0.3, -0.25) is 4.79 Å².